The first kappa shape index (κ1) is 28.6. The Kier molecular flexibility index (Phi) is 7.26. The van der Waals surface area contributed by atoms with E-state index in [1.165, 1.54) is 0 Å². The molecule has 1 spiro atoms. The standard InChI is InChI=1S/C33H42O7/c1-5-20-17-33-28(36)25(30(39)40-33)27(35)32(6-2)21(13-14-22-24(32)15-12-19(3)26(22)34)11-9-7-8-10-16-31(33,4)18-23(20)29(37)38/h7,9-10,13-14,16,18-22,24,26,34-35H,5-6,8,11-12,15,17H2,1-4H3,(H,37,38)/b9-7+,16-10+,27-25-/t19-,20-,21+,22-,24+,26-,31-,32+,33+/m0/s1. The summed E-state index contributed by atoms with van der Waals surface area (Å²) in [6.07, 6.45) is 16.6. The number of aliphatic hydroxyl groups excluding tert-OH is 2. The average Bonchev–Trinajstić information content (AvgIpc) is 3.18. The molecule has 1 saturated carbocycles. The van der Waals surface area contributed by atoms with Gasteiger partial charge in [0.15, 0.2) is 5.60 Å². The molecule has 7 nitrogen and oxygen atoms in total. The second-order valence-corrected chi connectivity index (χ2v) is 12.7. The summed E-state index contributed by atoms with van der Waals surface area (Å²) in [6.45, 7) is 7.61. The van der Waals surface area contributed by atoms with Crippen LogP contribution in [0.1, 0.15) is 72.6 Å². The van der Waals surface area contributed by atoms with Gasteiger partial charge in [-0.1, -0.05) is 63.3 Å². The molecule has 1 heterocycles. The first-order chi connectivity index (χ1) is 19.0. The van der Waals surface area contributed by atoms with E-state index >= 15 is 0 Å². The average molecular weight is 551 g/mol. The fourth-order valence-corrected chi connectivity index (χ4v) is 8.54. The number of fused-ring (bicyclic) bond motifs is 4. The highest BCUT2D eigenvalue weighted by Crippen LogP contribution is 2.60. The van der Waals surface area contributed by atoms with E-state index in [9.17, 15) is 29.7 Å². The van der Waals surface area contributed by atoms with Crippen LogP contribution in [0.2, 0.25) is 0 Å². The van der Waals surface area contributed by atoms with E-state index < -0.39 is 46.2 Å². The number of Topliss-reactive ketones (excluding diaryl/α,β-unsaturated/α-hetero) is 1. The van der Waals surface area contributed by atoms with Gasteiger partial charge in [-0.25, -0.2) is 9.59 Å². The molecule has 0 amide bonds. The molecule has 2 fully saturated rings. The molecule has 3 N–H and O–H groups in total. The van der Waals surface area contributed by atoms with Crippen LogP contribution in [-0.2, 0) is 19.1 Å². The van der Waals surface area contributed by atoms with Crippen LogP contribution in [0.25, 0.3) is 0 Å². The first-order valence-electron chi connectivity index (χ1n) is 14.8. The molecule has 0 radical (unpaired) electrons. The fourth-order valence-electron chi connectivity index (χ4n) is 8.54. The van der Waals surface area contributed by atoms with Crippen LogP contribution in [-0.4, -0.2) is 44.7 Å². The van der Waals surface area contributed by atoms with E-state index in [4.69, 9.17) is 4.74 Å². The molecule has 0 aromatic rings. The van der Waals surface area contributed by atoms with E-state index in [1.807, 2.05) is 32.9 Å². The number of carboxylic acid groups (broad SMARTS) is 1. The van der Waals surface area contributed by atoms with E-state index in [1.54, 1.807) is 19.1 Å². The van der Waals surface area contributed by atoms with Gasteiger partial charge in [-0.05, 0) is 69.1 Å². The topological polar surface area (TPSA) is 121 Å². The van der Waals surface area contributed by atoms with Gasteiger partial charge in [0.05, 0.1) is 11.5 Å². The van der Waals surface area contributed by atoms with E-state index in [0.717, 1.165) is 12.8 Å². The van der Waals surface area contributed by atoms with Crippen molar-refractivity contribution in [2.24, 2.45) is 40.4 Å². The summed E-state index contributed by atoms with van der Waals surface area (Å²) >= 11 is 0. The fraction of sp³-hybridized carbons (Fsp3) is 0.606. The molecular weight excluding hydrogens is 508 g/mol. The lowest BCUT2D eigenvalue weighted by Crippen LogP contribution is -2.54. The van der Waals surface area contributed by atoms with Crippen LogP contribution in [0.5, 0.6) is 0 Å². The number of rotatable bonds is 3. The number of aliphatic carboxylic acids is 1. The van der Waals surface area contributed by atoms with Crippen LogP contribution in [0, 0.1) is 40.4 Å². The molecule has 0 unspecified atom stereocenters. The number of carboxylic acids is 1. The van der Waals surface area contributed by atoms with Gasteiger partial charge in [-0.3, -0.25) is 4.79 Å². The number of ether oxygens (including phenoxy) is 1. The minimum Gasteiger partial charge on any atom is -0.511 e. The lowest BCUT2D eigenvalue weighted by molar-refractivity contribution is -0.162. The summed E-state index contributed by atoms with van der Waals surface area (Å²) in [6, 6.07) is 0. The number of carbonyl (C=O) groups excluding carboxylic acids is 2. The minimum atomic E-state index is -1.66. The molecule has 5 aliphatic rings. The SMILES string of the molecule is CC[C@H]1C[C@]23OC(=O)/C(=C(\O)[C@@]4(CC)[C@@H]5CC[C@H](C)[C@H](O)[C@H]5C=C[C@H]4C/C=C/C/C=C/[C@@]2(C)C=C1C(=O)O)C3=O. The Bertz CT molecular complexity index is 1250. The van der Waals surface area contributed by atoms with E-state index in [2.05, 4.69) is 18.2 Å². The Morgan fingerprint density at radius 2 is 1.88 bits per heavy atom. The van der Waals surface area contributed by atoms with Crippen LogP contribution < -0.4 is 0 Å². The molecule has 4 aliphatic carbocycles. The van der Waals surface area contributed by atoms with Gasteiger partial charge in [0.25, 0.3) is 0 Å². The van der Waals surface area contributed by atoms with Crippen LogP contribution >= 0.6 is 0 Å². The number of hydrogen-bond acceptors (Lipinski definition) is 6. The second kappa shape index (κ2) is 10.2. The summed E-state index contributed by atoms with van der Waals surface area (Å²) < 4.78 is 6.07. The highest BCUT2D eigenvalue weighted by Gasteiger charge is 2.66. The Balaban J connectivity index is 1.76. The largest absolute Gasteiger partial charge is 0.511 e. The van der Waals surface area contributed by atoms with E-state index in [0.29, 0.717) is 25.7 Å². The summed E-state index contributed by atoms with van der Waals surface area (Å²) in [5.41, 5.74) is -3.90. The van der Waals surface area contributed by atoms with Crippen molar-refractivity contribution in [2.45, 2.75) is 84.3 Å². The Morgan fingerprint density at radius 1 is 1.12 bits per heavy atom. The monoisotopic (exact) mass is 550 g/mol. The maximum atomic E-state index is 14.6. The van der Waals surface area contributed by atoms with Crippen LogP contribution in [0.3, 0.4) is 0 Å². The van der Waals surface area contributed by atoms with Gasteiger partial charge < -0.3 is 20.1 Å². The minimum absolute atomic E-state index is 0.0321. The summed E-state index contributed by atoms with van der Waals surface area (Å²) in [5.74, 6) is -3.61. The van der Waals surface area contributed by atoms with Crippen molar-refractivity contribution >= 4 is 17.7 Å². The molecule has 40 heavy (non-hydrogen) atoms. The van der Waals surface area contributed by atoms with Gasteiger partial charge in [0.2, 0.25) is 5.78 Å². The first-order valence-corrected chi connectivity index (χ1v) is 14.8. The van der Waals surface area contributed by atoms with Gasteiger partial charge in [-0.15, -0.1) is 0 Å². The summed E-state index contributed by atoms with van der Waals surface area (Å²) in [7, 11) is 0. The van der Waals surface area contributed by atoms with Gasteiger partial charge in [-0.2, -0.15) is 0 Å². The zero-order chi connectivity index (χ0) is 29.0. The highest BCUT2D eigenvalue weighted by molar-refractivity contribution is 6.26. The molecule has 5 rings (SSSR count). The number of carbonyl (C=O) groups is 3. The molecule has 9 atom stereocenters. The van der Waals surface area contributed by atoms with Crippen LogP contribution in [0.4, 0.5) is 0 Å². The molecular formula is C33H42O7. The predicted molar refractivity (Wildman–Crippen MR) is 150 cm³/mol. The van der Waals surface area contributed by atoms with Crippen LogP contribution in [0.15, 0.2) is 59.4 Å². The number of hydrogen-bond donors (Lipinski definition) is 3. The molecule has 2 bridgehead atoms. The molecule has 1 aliphatic heterocycles. The number of ketones is 1. The lowest BCUT2D eigenvalue weighted by Gasteiger charge is -2.54. The molecule has 216 valence electrons. The predicted octanol–water partition coefficient (Wildman–Crippen LogP) is 5.62. The third-order valence-electron chi connectivity index (χ3n) is 10.9. The normalized spacial score (nSPS) is 46.4. The van der Waals surface area contributed by atoms with Crippen molar-refractivity contribution < 1.29 is 34.4 Å². The third kappa shape index (κ3) is 3.91. The molecule has 1 saturated heterocycles. The Labute approximate surface area is 236 Å². The van der Waals surface area contributed by atoms with E-state index in [-0.39, 0.29) is 47.0 Å². The second-order valence-electron chi connectivity index (χ2n) is 12.7. The quantitative estimate of drug-likeness (QED) is 0.237. The van der Waals surface area contributed by atoms with Gasteiger partial charge >= 0.3 is 11.9 Å². The number of allylic oxidation sites excluding steroid dienone is 5. The zero-order valence-electron chi connectivity index (χ0n) is 23.9. The lowest BCUT2D eigenvalue weighted by atomic mass is 9.51. The van der Waals surface area contributed by atoms with Crippen molar-refractivity contribution in [1.29, 1.82) is 0 Å². The van der Waals surface area contributed by atoms with Crippen molar-refractivity contribution in [3.63, 3.8) is 0 Å². The smallest absolute Gasteiger partial charge is 0.346 e. The van der Waals surface area contributed by atoms with Crippen molar-refractivity contribution in [1.82, 2.24) is 0 Å². The maximum absolute atomic E-state index is 14.6. The molecule has 0 aromatic heterocycles. The number of aliphatic hydroxyl groups is 2. The number of esters is 1. The Morgan fingerprint density at radius 3 is 2.55 bits per heavy atom. The third-order valence-corrected chi connectivity index (χ3v) is 10.9. The summed E-state index contributed by atoms with van der Waals surface area (Å²) in [4.78, 5) is 40.5. The molecule has 7 heteroatoms. The van der Waals surface area contributed by atoms with Gasteiger partial charge in [0, 0.05) is 23.3 Å². The van der Waals surface area contributed by atoms with Crippen molar-refractivity contribution in [3.8, 4) is 0 Å². The van der Waals surface area contributed by atoms with Gasteiger partial charge in [0.1, 0.15) is 11.3 Å². The Hall–Kier alpha value is -2.93. The summed E-state index contributed by atoms with van der Waals surface area (Å²) in [5, 5.41) is 33.4. The maximum Gasteiger partial charge on any atom is 0.346 e. The van der Waals surface area contributed by atoms with Crippen molar-refractivity contribution in [3.05, 3.63) is 59.4 Å². The highest BCUT2D eigenvalue weighted by atomic mass is 16.6. The molecule has 0 aromatic carbocycles. The van der Waals surface area contributed by atoms with Crippen molar-refractivity contribution in [2.75, 3.05) is 0 Å². The zero-order valence-corrected chi connectivity index (χ0v) is 23.9.